The first-order valence-corrected chi connectivity index (χ1v) is 11.0. The van der Waals surface area contributed by atoms with E-state index in [1.54, 1.807) is 24.9 Å². The summed E-state index contributed by atoms with van der Waals surface area (Å²) in [6.45, 7) is 2.61. The fraction of sp³-hybridized carbons (Fsp3) is 0.167. The molecule has 0 radical (unpaired) electrons. The van der Waals surface area contributed by atoms with Crippen LogP contribution in [0.2, 0.25) is 0 Å². The summed E-state index contributed by atoms with van der Waals surface area (Å²) < 4.78 is 17.8. The van der Waals surface area contributed by atoms with E-state index in [9.17, 15) is 0 Å². The third-order valence-corrected chi connectivity index (χ3v) is 5.71. The number of hydrogen-bond donors (Lipinski definition) is 2. The molecule has 10 nitrogen and oxygen atoms in total. The highest BCUT2D eigenvalue weighted by molar-refractivity contribution is 5.94. The number of nitrogens with one attached hydrogen (secondary N) is 2. The van der Waals surface area contributed by atoms with Crippen molar-refractivity contribution in [2.45, 2.75) is 13.5 Å². The molecule has 0 amide bonds. The Bertz CT molecular complexity index is 1690. The van der Waals surface area contributed by atoms with E-state index < -0.39 is 5.82 Å². The number of halogens is 1. The van der Waals surface area contributed by atoms with E-state index in [-0.39, 0.29) is 5.39 Å². The SMILES string of the molecule is Cc1cn(-c2ccnc3[nH]c(-c4n[nH]c5ncc(-c6cncc(CN(C)C)c6)c(F)c45)nc23)cn1. The summed E-state index contributed by atoms with van der Waals surface area (Å²) in [4.78, 5) is 27.3. The number of fused-ring (bicyclic) bond motifs is 2. The van der Waals surface area contributed by atoms with Crippen molar-refractivity contribution >= 4 is 22.2 Å². The minimum Gasteiger partial charge on any atom is -0.321 e. The Hall–Kier alpha value is -4.51. The Labute approximate surface area is 198 Å². The van der Waals surface area contributed by atoms with Gasteiger partial charge in [0.15, 0.2) is 17.1 Å². The lowest BCUT2D eigenvalue weighted by Crippen LogP contribution is -2.10. The van der Waals surface area contributed by atoms with Crippen LogP contribution in [0.15, 0.2) is 49.4 Å². The maximum absolute atomic E-state index is 15.9. The van der Waals surface area contributed by atoms with E-state index in [0.29, 0.717) is 46.0 Å². The average molecular weight is 469 g/mol. The number of aromatic nitrogens is 9. The second kappa shape index (κ2) is 8.06. The number of aromatic amines is 2. The van der Waals surface area contributed by atoms with Crippen LogP contribution < -0.4 is 0 Å². The summed E-state index contributed by atoms with van der Waals surface area (Å²) in [5, 5.41) is 7.40. The van der Waals surface area contributed by atoms with Crippen LogP contribution in [0.5, 0.6) is 0 Å². The minimum atomic E-state index is -0.443. The first kappa shape index (κ1) is 21.1. The van der Waals surface area contributed by atoms with Crippen molar-refractivity contribution in [3.63, 3.8) is 0 Å². The molecular formula is C24H21FN10. The minimum absolute atomic E-state index is 0.250. The Balaban J connectivity index is 1.49. The molecule has 174 valence electrons. The zero-order valence-corrected chi connectivity index (χ0v) is 19.3. The van der Waals surface area contributed by atoms with Crippen molar-refractivity contribution in [1.29, 1.82) is 0 Å². The second-order valence-electron chi connectivity index (χ2n) is 8.64. The predicted octanol–water partition coefficient (Wildman–Crippen LogP) is 3.65. The zero-order valence-electron chi connectivity index (χ0n) is 19.3. The van der Waals surface area contributed by atoms with Crippen molar-refractivity contribution in [3.8, 4) is 28.3 Å². The van der Waals surface area contributed by atoms with Gasteiger partial charge in [0.05, 0.1) is 23.1 Å². The summed E-state index contributed by atoms with van der Waals surface area (Å²) in [5.41, 5.74) is 5.50. The molecule has 0 spiro atoms. The summed E-state index contributed by atoms with van der Waals surface area (Å²) >= 11 is 0. The maximum Gasteiger partial charge on any atom is 0.161 e. The number of nitrogens with zero attached hydrogens (tertiary/aromatic N) is 8. The highest BCUT2D eigenvalue weighted by Gasteiger charge is 2.21. The van der Waals surface area contributed by atoms with Gasteiger partial charge in [0, 0.05) is 48.7 Å². The van der Waals surface area contributed by atoms with Crippen LogP contribution in [0.1, 0.15) is 11.3 Å². The molecular weight excluding hydrogens is 447 g/mol. The third kappa shape index (κ3) is 3.62. The Morgan fingerprint density at radius 2 is 1.97 bits per heavy atom. The van der Waals surface area contributed by atoms with Crippen LogP contribution in [0.3, 0.4) is 0 Å². The standard InChI is InChI=1S/C24H21FN10/c1-13-10-35(12-29-13)17-4-5-27-23-20(17)30-24(31-23)21-18-19(25)16(9-28-22(18)33-32-21)15-6-14(7-26-8-15)11-34(2)3/h4-10,12H,11H2,1-3H3,(H,27,30,31)(H,28,32,33). The van der Waals surface area contributed by atoms with Gasteiger partial charge >= 0.3 is 0 Å². The Morgan fingerprint density at radius 3 is 2.77 bits per heavy atom. The molecule has 0 atom stereocenters. The van der Waals surface area contributed by atoms with Gasteiger partial charge in [-0.2, -0.15) is 5.10 Å². The second-order valence-corrected chi connectivity index (χ2v) is 8.64. The number of hydrogen-bond acceptors (Lipinski definition) is 7. The Kier molecular flexibility index (Phi) is 4.85. The number of pyridine rings is 3. The summed E-state index contributed by atoms with van der Waals surface area (Å²) in [6, 6.07) is 3.77. The molecule has 0 fully saturated rings. The van der Waals surface area contributed by atoms with Gasteiger partial charge in [0.1, 0.15) is 17.0 Å². The van der Waals surface area contributed by atoms with E-state index in [4.69, 9.17) is 4.98 Å². The maximum atomic E-state index is 15.9. The normalized spacial score (nSPS) is 11.8. The van der Waals surface area contributed by atoms with E-state index >= 15 is 4.39 Å². The van der Waals surface area contributed by atoms with E-state index in [0.717, 1.165) is 16.9 Å². The van der Waals surface area contributed by atoms with Gasteiger partial charge in [-0.3, -0.25) is 10.1 Å². The summed E-state index contributed by atoms with van der Waals surface area (Å²) in [7, 11) is 3.94. The number of H-pyrrole nitrogens is 2. The van der Waals surface area contributed by atoms with E-state index in [2.05, 4.69) is 35.1 Å². The topological polar surface area (TPSA) is 117 Å². The lowest BCUT2D eigenvalue weighted by molar-refractivity contribution is 0.402. The fourth-order valence-corrected chi connectivity index (χ4v) is 4.18. The van der Waals surface area contributed by atoms with Gasteiger partial charge in [0.25, 0.3) is 0 Å². The van der Waals surface area contributed by atoms with Crippen molar-refractivity contribution in [2.75, 3.05) is 14.1 Å². The molecule has 0 unspecified atom stereocenters. The fourth-order valence-electron chi connectivity index (χ4n) is 4.18. The van der Waals surface area contributed by atoms with Crippen LogP contribution in [0.25, 0.3) is 50.5 Å². The van der Waals surface area contributed by atoms with Gasteiger partial charge in [-0.1, -0.05) is 0 Å². The van der Waals surface area contributed by atoms with Gasteiger partial charge in [-0.15, -0.1) is 0 Å². The van der Waals surface area contributed by atoms with E-state index in [1.807, 2.05) is 48.8 Å². The third-order valence-electron chi connectivity index (χ3n) is 5.71. The van der Waals surface area contributed by atoms with Gasteiger partial charge in [-0.25, -0.2) is 24.3 Å². The molecule has 0 aliphatic rings. The molecule has 11 heteroatoms. The average Bonchev–Trinajstić information content (AvgIpc) is 3.56. The largest absolute Gasteiger partial charge is 0.321 e. The molecule has 6 heterocycles. The van der Waals surface area contributed by atoms with Crippen molar-refractivity contribution < 1.29 is 4.39 Å². The molecule has 0 saturated heterocycles. The van der Waals surface area contributed by atoms with E-state index in [1.165, 1.54) is 6.20 Å². The molecule has 0 saturated carbocycles. The summed E-state index contributed by atoms with van der Waals surface area (Å²) in [6.07, 6.45) is 10.2. The van der Waals surface area contributed by atoms with Crippen molar-refractivity contribution in [1.82, 2.24) is 49.6 Å². The molecule has 2 N–H and O–H groups in total. The molecule has 6 rings (SSSR count). The highest BCUT2D eigenvalue weighted by atomic mass is 19.1. The van der Waals surface area contributed by atoms with Crippen LogP contribution >= 0.6 is 0 Å². The highest BCUT2D eigenvalue weighted by Crippen LogP contribution is 2.33. The lowest BCUT2D eigenvalue weighted by atomic mass is 10.1. The molecule has 35 heavy (non-hydrogen) atoms. The molecule has 0 aromatic carbocycles. The quantitative estimate of drug-likeness (QED) is 0.397. The number of aryl methyl sites for hydroxylation is 1. The van der Waals surface area contributed by atoms with Gasteiger partial charge in [-0.05, 0) is 38.7 Å². The first-order valence-electron chi connectivity index (χ1n) is 11.0. The monoisotopic (exact) mass is 468 g/mol. The predicted molar refractivity (Wildman–Crippen MR) is 129 cm³/mol. The van der Waals surface area contributed by atoms with Gasteiger partial charge < -0.3 is 14.5 Å². The molecule has 0 bridgehead atoms. The molecule has 6 aromatic rings. The Morgan fingerprint density at radius 1 is 1.09 bits per heavy atom. The zero-order chi connectivity index (χ0) is 24.1. The van der Waals surface area contributed by atoms with Crippen LogP contribution in [-0.2, 0) is 6.54 Å². The lowest BCUT2D eigenvalue weighted by Gasteiger charge is -2.11. The molecule has 0 aliphatic heterocycles. The number of imidazole rings is 2. The smallest absolute Gasteiger partial charge is 0.161 e. The molecule has 6 aromatic heterocycles. The van der Waals surface area contributed by atoms with Crippen molar-refractivity contribution in [2.24, 2.45) is 0 Å². The van der Waals surface area contributed by atoms with Crippen LogP contribution in [0.4, 0.5) is 4.39 Å². The van der Waals surface area contributed by atoms with Gasteiger partial charge in [0.2, 0.25) is 0 Å². The van der Waals surface area contributed by atoms with Crippen LogP contribution in [0, 0.1) is 12.7 Å². The van der Waals surface area contributed by atoms with Crippen molar-refractivity contribution in [3.05, 3.63) is 66.5 Å². The number of rotatable bonds is 5. The molecule has 0 aliphatic carbocycles. The first-order chi connectivity index (χ1) is 17.0. The summed E-state index contributed by atoms with van der Waals surface area (Å²) in [5.74, 6) is -0.0539. The van der Waals surface area contributed by atoms with Crippen LogP contribution in [-0.4, -0.2) is 63.7 Å².